The van der Waals surface area contributed by atoms with Gasteiger partial charge in [0.25, 0.3) is 5.91 Å². The number of rotatable bonds is 2. The summed E-state index contributed by atoms with van der Waals surface area (Å²) < 4.78 is 3.58. The van der Waals surface area contributed by atoms with Crippen molar-refractivity contribution in [1.29, 1.82) is 0 Å². The van der Waals surface area contributed by atoms with E-state index in [4.69, 9.17) is 0 Å². The first-order chi connectivity index (χ1) is 10.6. The maximum Gasteiger partial charge on any atom is 0.260 e. The van der Waals surface area contributed by atoms with Crippen LogP contribution in [0.4, 0.5) is 5.82 Å². The number of nitrogens with zero attached hydrogens (tertiary/aromatic N) is 5. The molecule has 4 rings (SSSR count). The molecule has 1 amide bonds. The molecule has 1 aliphatic carbocycles. The van der Waals surface area contributed by atoms with Crippen molar-refractivity contribution >= 4 is 17.4 Å². The van der Waals surface area contributed by atoms with Gasteiger partial charge in [0.2, 0.25) is 0 Å². The van der Waals surface area contributed by atoms with Crippen LogP contribution in [0.5, 0.6) is 0 Å². The molecule has 1 atom stereocenters. The van der Waals surface area contributed by atoms with Crippen molar-refractivity contribution in [2.45, 2.75) is 25.7 Å². The summed E-state index contributed by atoms with van der Waals surface area (Å²) in [6.45, 7) is 2.18. The molecule has 0 saturated carbocycles. The minimum atomic E-state index is -0.210. The van der Waals surface area contributed by atoms with E-state index in [9.17, 15) is 4.79 Å². The first kappa shape index (κ1) is 13.0. The highest BCUT2D eigenvalue weighted by atomic mass is 16.1. The van der Waals surface area contributed by atoms with E-state index in [1.54, 1.807) is 23.3 Å². The van der Waals surface area contributed by atoms with Crippen LogP contribution in [-0.4, -0.2) is 30.3 Å². The average molecular weight is 296 g/mol. The number of fused-ring (bicyclic) bond motifs is 3. The Hall–Kier alpha value is -2.70. The molecule has 0 aromatic carbocycles. The maximum absolute atomic E-state index is 12.6. The predicted octanol–water partition coefficient (Wildman–Crippen LogP) is 1.76. The standard InChI is InChI=1S/C15H16N6O/c1-9-3-4-12-10(9)7-11(14-18-16-8-21(12)14)15(22)17-13-5-6-20(2)19-13/h5-9H,3-4H2,1-2H3,(H,17,19,22)/t9-/m1/s1. The summed E-state index contributed by atoms with van der Waals surface area (Å²) in [4.78, 5) is 12.6. The SMILES string of the molecule is C[C@@H]1CCc2c1cc(C(=O)Nc1ccn(C)n1)c1nncn21. The van der Waals surface area contributed by atoms with E-state index in [2.05, 4.69) is 27.5 Å². The lowest BCUT2D eigenvalue weighted by molar-refractivity contribution is 0.102. The minimum absolute atomic E-state index is 0.210. The summed E-state index contributed by atoms with van der Waals surface area (Å²) in [5.41, 5.74) is 3.55. The molecular weight excluding hydrogens is 280 g/mol. The first-order valence-corrected chi connectivity index (χ1v) is 7.30. The second kappa shape index (κ2) is 4.66. The van der Waals surface area contributed by atoms with Gasteiger partial charge in [-0.15, -0.1) is 10.2 Å². The van der Waals surface area contributed by atoms with Crippen LogP contribution in [0, 0.1) is 0 Å². The number of hydrogen-bond acceptors (Lipinski definition) is 4. The van der Waals surface area contributed by atoms with Gasteiger partial charge in [-0.2, -0.15) is 5.10 Å². The van der Waals surface area contributed by atoms with Gasteiger partial charge in [0.15, 0.2) is 11.5 Å². The van der Waals surface area contributed by atoms with Crippen molar-refractivity contribution in [2.24, 2.45) is 7.05 Å². The zero-order valence-corrected chi connectivity index (χ0v) is 12.4. The van der Waals surface area contributed by atoms with Gasteiger partial charge in [0.05, 0.1) is 5.56 Å². The number of hydrogen-bond donors (Lipinski definition) is 1. The van der Waals surface area contributed by atoms with E-state index in [0.29, 0.717) is 22.9 Å². The Bertz CT molecular complexity index is 877. The molecule has 0 bridgehead atoms. The van der Waals surface area contributed by atoms with Crippen molar-refractivity contribution in [3.63, 3.8) is 0 Å². The van der Waals surface area contributed by atoms with E-state index in [1.165, 1.54) is 11.3 Å². The van der Waals surface area contributed by atoms with Crippen LogP contribution in [0.2, 0.25) is 0 Å². The van der Waals surface area contributed by atoms with Crippen LogP contribution >= 0.6 is 0 Å². The molecule has 7 heteroatoms. The first-order valence-electron chi connectivity index (χ1n) is 7.30. The van der Waals surface area contributed by atoms with Gasteiger partial charge in [-0.3, -0.25) is 13.9 Å². The number of nitrogens with one attached hydrogen (secondary N) is 1. The van der Waals surface area contributed by atoms with E-state index in [1.807, 2.05) is 17.5 Å². The number of pyridine rings is 1. The topological polar surface area (TPSA) is 77.1 Å². The van der Waals surface area contributed by atoms with Crippen molar-refractivity contribution in [3.8, 4) is 0 Å². The molecule has 0 fully saturated rings. The molecule has 0 unspecified atom stereocenters. The monoisotopic (exact) mass is 296 g/mol. The van der Waals surface area contributed by atoms with Crippen molar-refractivity contribution in [2.75, 3.05) is 5.32 Å². The molecule has 3 aromatic heterocycles. The van der Waals surface area contributed by atoms with Gasteiger partial charge in [-0.05, 0) is 30.4 Å². The second-order valence-electron chi connectivity index (χ2n) is 5.75. The van der Waals surface area contributed by atoms with E-state index in [-0.39, 0.29) is 5.91 Å². The Morgan fingerprint density at radius 1 is 1.45 bits per heavy atom. The van der Waals surface area contributed by atoms with E-state index >= 15 is 0 Å². The Labute approximate surface area is 127 Å². The molecule has 0 saturated heterocycles. The van der Waals surface area contributed by atoms with Crippen LogP contribution in [0.15, 0.2) is 24.7 Å². The molecule has 1 N–H and O–H groups in total. The van der Waals surface area contributed by atoms with Crippen LogP contribution in [-0.2, 0) is 13.5 Å². The number of anilines is 1. The number of aromatic nitrogens is 5. The molecule has 22 heavy (non-hydrogen) atoms. The Balaban J connectivity index is 1.79. The van der Waals surface area contributed by atoms with E-state index < -0.39 is 0 Å². The van der Waals surface area contributed by atoms with E-state index in [0.717, 1.165) is 12.8 Å². The zero-order chi connectivity index (χ0) is 15.3. The number of carbonyl (C=O) groups is 1. The van der Waals surface area contributed by atoms with Crippen molar-refractivity contribution in [1.82, 2.24) is 24.4 Å². The van der Waals surface area contributed by atoms with Gasteiger partial charge in [-0.1, -0.05) is 6.92 Å². The second-order valence-corrected chi connectivity index (χ2v) is 5.75. The maximum atomic E-state index is 12.6. The van der Waals surface area contributed by atoms with Gasteiger partial charge < -0.3 is 5.32 Å². The molecule has 3 heterocycles. The van der Waals surface area contributed by atoms with Crippen molar-refractivity contribution in [3.05, 3.63) is 41.5 Å². The third-order valence-corrected chi connectivity index (χ3v) is 4.26. The molecule has 3 aromatic rings. The summed E-state index contributed by atoms with van der Waals surface area (Å²) >= 11 is 0. The fourth-order valence-electron chi connectivity index (χ4n) is 3.09. The zero-order valence-electron chi connectivity index (χ0n) is 12.4. The number of amides is 1. The number of carbonyl (C=O) groups excluding carboxylic acids is 1. The van der Waals surface area contributed by atoms with Gasteiger partial charge in [-0.25, -0.2) is 0 Å². The largest absolute Gasteiger partial charge is 0.305 e. The molecule has 0 spiro atoms. The third kappa shape index (κ3) is 1.89. The fourth-order valence-corrected chi connectivity index (χ4v) is 3.09. The normalized spacial score (nSPS) is 16.9. The molecule has 0 aliphatic heterocycles. The quantitative estimate of drug-likeness (QED) is 0.781. The molecule has 7 nitrogen and oxygen atoms in total. The van der Waals surface area contributed by atoms with Crippen LogP contribution < -0.4 is 5.32 Å². The Kier molecular flexibility index (Phi) is 2.75. The Morgan fingerprint density at radius 2 is 2.32 bits per heavy atom. The molecular formula is C15H16N6O. The minimum Gasteiger partial charge on any atom is -0.305 e. The Morgan fingerprint density at radius 3 is 3.09 bits per heavy atom. The molecule has 0 radical (unpaired) electrons. The number of aryl methyl sites for hydroxylation is 2. The lowest BCUT2D eigenvalue weighted by Crippen LogP contribution is -2.15. The lowest BCUT2D eigenvalue weighted by atomic mass is 10.0. The van der Waals surface area contributed by atoms with Gasteiger partial charge in [0, 0.05) is 25.0 Å². The summed E-state index contributed by atoms with van der Waals surface area (Å²) in [6, 6.07) is 3.71. The molecule has 112 valence electrons. The lowest BCUT2D eigenvalue weighted by Gasteiger charge is -2.10. The summed E-state index contributed by atoms with van der Waals surface area (Å²) in [5.74, 6) is 0.764. The average Bonchev–Trinajstić information content (AvgIpc) is 3.19. The third-order valence-electron chi connectivity index (χ3n) is 4.26. The van der Waals surface area contributed by atoms with Gasteiger partial charge >= 0.3 is 0 Å². The van der Waals surface area contributed by atoms with Crippen LogP contribution in [0.1, 0.15) is 40.9 Å². The predicted molar refractivity (Wildman–Crippen MR) is 80.9 cm³/mol. The molecule has 1 aliphatic rings. The van der Waals surface area contributed by atoms with Crippen molar-refractivity contribution < 1.29 is 4.79 Å². The summed E-state index contributed by atoms with van der Waals surface area (Å²) in [5, 5.41) is 15.1. The van der Waals surface area contributed by atoms with Crippen LogP contribution in [0.3, 0.4) is 0 Å². The smallest absolute Gasteiger partial charge is 0.260 e. The highest BCUT2D eigenvalue weighted by Gasteiger charge is 2.25. The fraction of sp³-hybridized carbons (Fsp3) is 0.333. The van der Waals surface area contributed by atoms with Crippen LogP contribution in [0.25, 0.3) is 5.65 Å². The summed E-state index contributed by atoms with van der Waals surface area (Å²) in [6.07, 6.45) is 5.55. The van der Waals surface area contributed by atoms with Gasteiger partial charge in [0.1, 0.15) is 6.33 Å². The summed E-state index contributed by atoms with van der Waals surface area (Å²) in [7, 11) is 1.81. The highest BCUT2D eigenvalue weighted by Crippen LogP contribution is 2.34. The highest BCUT2D eigenvalue weighted by molar-refractivity contribution is 6.08.